The highest BCUT2D eigenvalue weighted by Gasteiger charge is 2.07. The molecule has 0 radical (unpaired) electrons. The van der Waals surface area contributed by atoms with Crippen molar-refractivity contribution in [2.24, 2.45) is 10.2 Å². The second-order valence-corrected chi connectivity index (χ2v) is 5.99. The molecule has 0 amide bonds. The molecular formula is C14H16BrN3O2S. The summed E-state index contributed by atoms with van der Waals surface area (Å²) in [7, 11) is 1.51. The van der Waals surface area contributed by atoms with Crippen LogP contribution in [0.4, 0.5) is 0 Å². The minimum atomic E-state index is 0.0734. The van der Waals surface area contributed by atoms with Crippen molar-refractivity contribution >= 4 is 33.5 Å². The SMILES string of the molecule is CCn1c(C)csc1=N/N=C/c1cc(Br)c(O)c(OC)c1. The molecule has 2 rings (SSSR count). The lowest BCUT2D eigenvalue weighted by atomic mass is 10.2. The van der Waals surface area contributed by atoms with Crippen LogP contribution in [0.2, 0.25) is 0 Å². The third-order valence-corrected chi connectivity index (χ3v) is 4.50. The van der Waals surface area contributed by atoms with Gasteiger partial charge in [0, 0.05) is 17.6 Å². The number of aromatic nitrogens is 1. The third kappa shape index (κ3) is 3.54. The first kappa shape index (κ1) is 15.8. The average molecular weight is 370 g/mol. The highest BCUT2D eigenvalue weighted by molar-refractivity contribution is 9.10. The number of phenolic OH excluding ortho intramolecular Hbond substituents is 1. The van der Waals surface area contributed by atoms with Crippen LogP contribution < -0.4 is 9.54 Å². The number of halogens is 1. The van der Waals surface area contributed by atoms with Gasteiger partial charge in [-0.3, -0.25) is 0 Å². The topological polar surface area (TPSA) is 59.1 Å². The molecule has 21 heavy (non-hydrogen) atoms. The fraction of sp³-hybridized carbons (Fsp3) is 0.286. The molecule has 0 aliphatic heterocycles. The number of rotatable bonds is 4. The summed E-state index contributed by atoms with van der Waals surface area (Å²) in [5.41, 5.74) is 1.96. The molecule has 0 saturated heterocycles. The van der Waals surface area contributed by atoms with Crippen molar-refractivity contribution in [1.82, 2.24) is 4.57 Å². The van der Waals surface area contributed by atoms with Crippen LogP contribution in [0.3, 0.4) is 0 Å². The molecule has 1 heterocycles. The van der Waals surface area contributed by atoms with E-state index in [0.29, 0.717) is 10.2 Å². The lowest BCUT2D eigenvalue weighted by Gasteiger charge is -2.05. The third-order valence-electron chi connectivity index (χ3n) is 2.93. The fourth-order valence-corrected chi connectivity index (χ4v) is 3.20. The number of methoxy groups -OCH3 is 1. The molecule has 0 aliphatic carbocycles. The van der Waals surface area contributed by atoms with Crippen LogP contribution in [0.25, 0.3) is 0 Å². The molecule has 0 fully saturated rings. The maximum atomic E-state index is 9.75. The number of hydrogen-bond acceptors (Lipinski definition) is 5. The quantitative estimate of drug-likeness (QED) is 0.663. The monoisotopic (exact) mass is 369 g/mol. The van der Waals surface area contributed by atoms with Crippen LogP contribution >= 0.6 is 27.3 Å². The van der Waals surface area contributed by atoms with Crippen molar-refractivity contribution in [3.8, 4) is 11.5 Å². The maximum Gasteiger partial charge on any atom is 0.210 e. The fourth-order valence-electron chi connectivity index (χ4n) is 1.85. The first-order chi connectivity index (χ1) is 10.1. The number of nitrogens with zero attached hydrogens (tertiary/aromatic N) is 3. The molecule has 5 nitrogen and oxygen atoms in total. The lowest BCUT2D eigenvalue weighted by Crippen LogP contribution is -2.14. The second kappa shape index (κ2) is 6.91. The van der Waals surface area contributed by atoms with E-state index in [-0.39, 0.29) is 5.75 Å². The number of phenols is 1. The van der Waals surface area contributed by atoms with E-state index in [4.69, 9.17) is 4.74 Å². The Bertz CT molecular complexity index is 734. The molecule has 7 heteroatoms. The van der Waals surface area contributed by atoms with E-state index in [1.54, 1.807) is 29.7 Å². The Morgan fingerprint density at radius 1 is 1.48 bits per heavy atom. The van der Waals surface area contributed by atoms with Crippen molar-refractivity contribution in [3.63, 3.8) is 0 Å². The van der Waals surface area contributed by atoms with Gasteiger partial charge >= 0.3 is 0 Å². The van der Waals surface area contributed by atoms with Gasteiger partial charge in [0.1, 0.15) is 0 Å². The van der Waals surface area contributed by atoms with E-state index in [2.05, 4.69) is 43.0 Å². The molecule has 0 saturated carbocycles. The number of aromatic hydroxyl groups is 1. The zero-order valence-electron chi connectivity index (χ0n) is 12.0. The Balaban J connectivity index is 2.32. The normalized spacial score (nSPS) is 12.3. The van der Waals surface area contributed by atoms with Crippen LogP contribution in [0, 0.1) is 6.92 Å². The van der Waals surface area contributed by atoms with Gasteiger partial charge in [-0.2, -0.15) is 5.10 Å². The molecule has 0 atom stereocenters. The highest BCUT2D eigenvalue weighted by atomic mass is 79.9. The predicted octanol–water partition coefficient (Wildman–Crippen LogP) is 3.29. The standard InChI is InChI=1S/C14H16BrN3O2S/c1-4-18-9(2)8-21-14(18)17-16-7-10-5-11(15)13(19)12(6-10)20-3/h5-8,19H,4H2,1-3H3/b16-7+,17-14?. The molecule has 0 spiro atoms. The molecule has 1 N–H and O–H groups in total. The van der Waals surface area contributed by atoms with Gasteiger partial charge in [0.2, 0.25) is 4.80 Å². The minimum absolute atomic E-state index is 0.0734. The van der Waals surface area contributed by atoms with Crippen LogP contribution in [0.15, 0.2) is 32.2 Å². The lowest BCUT2D eigenvalue weighted by molar-refractivity contribution is 0.372. The summed E-state index contributed by atoms with van der Waals surface area (Å²) in [5, 5.41) is 20.2. The molecule has 0 bridgehead atoms. The largest absolute Gasteiger partial charge is 0.503 e. The Morgan fingerprint density at radius 2 is 2.24 bits per heavy atom. The molecule has 0 aliphatic rings. The summed E-state index contributed by atoms with van der Waals surface area (Å²) < 4.78 is 7.74. The van der Waals surface area contributed by atoms with Gasteiger partial charge in [-0.15, -0.1) is 16.4 Å². The van der Waals surface area contributed by atoms with Gasteiger partial charge < -0.3 is 14.4 Å². The number of ether oxygens (including phenoxy) is 1. The summed E-state index contributed by atoms with van der Waals surface area (Å²) in [5.74, 6) is 0.464. The van der Waals surface area contributed by atoms with Crippen molar-refractivity contribution in [2.45, 2.75) is 20.4 Å². The van der Waals surface area contributed by atoms with Crippen molar-refractivity contribution in [3.05, 3.63) is 38.0 Å². The zero-order valence-corrected chi connectivity index (χ0v) is 14.4. The van der Waals surface area contributed by atoms with Gasteiger partial charge in [-0.25, -0.2) is 0 Å². The van der Waals surface area contributed by atoms with E-state index >= 15 is 0 Å². The first-order valence-electron chi connectivity index (χ1n) is 6.35. The van der Waals surface area contributed by atoms with Crippen molar-refractivity contribution in [1.29, 1.82) is 0 Å². The predicted molar refractivity (Wildman–Crippen MR) is 88.2 cm³/mol. The van der Waals surface area contributed by atoms with E-state index in [1.165, 1.54) is 12.8 Å². The van der Waals surface area contributed by atoms with Crippen LogP contribution in [0.1, 0.15) is 18.2 Å². The van der Waals surface area contributed by atoms with Gasteiger partial charge in [-0.05, 0) is 47.5 Å². The molecule has 0 unspecified atom stereocenters. The molecule has 1 aromatic heterocycles. The van der Waals surface area contributed by atoms with Gasteiger partial charge in [0.05, 0.1) is 17.8 Å². The Labute approximate surface area is 135 Å². The second-order valence-electron chi connectivity index (χ2n) is 4.30. The Hall–Kier alpha value is -1.60. The van der Waals surface area contributed by atoms with Crippen molar-refractivity contribution in [2.75, 3.05) is 7.11 Å². The zero-order chi connectivity index (χ0) is 15.4. The number of thiazole rings is 1. The molecular weight excluding hydrogens is 354 g/mol. The summed E-state index contributed by atoms with van der Waals surface area (Å²) in [4.78, 5) is 0.857. The number of hydrogen-bond donors (Lipinski definition) is 1. The van der Waals surface area contributed by atoms with Crippen LogP contribution in [-0.2, 0) is 6.54 Å². The average Bonchev–Trinajstić information content (AvgIpc) is 2.82. The maximum absolute atomic E-state index is 9.75. The summed E-state index contributed by atoms with van der Waals surface area (Å²) in [6.45, 7) is 4.98. The molecule has 2 aromatic rings. The minimum Gasteiger partial charge on any atom is -0.503 e. The smallest absolute Gasteiger partial charge is 0.210 e. The number of benzene rings is 1. The van der Waals surface area contributed by atoms with Crippen molar-refractivity contribution < 1.29 is 9.84 Å². The van der Waals surface area contributed by atoms with Gasteiger partial charge in [0.15, 0.2) is 11.5 Å². The van der Waals surface area contributed by atoms with Gasteiger partial charge in [0.25, 0.3) is 0 Å². The van der Waals surface area contributed by atoms with Crippen LogP contribution in [0.5, 0.6) is 11.5 Å². The van der Waals surface area contributed by atoms with Crippen LogP contribution in [-0.4, -0.2) is 23.0 Å². The van der Waals surface area contributed by atoms with E-state index < -0.39 is 0 Å². The van der Waals surface area contributed by atoms with E-state index in [1.807, 2.05) is 6.92 Å². The summed E-state index contributed by atoms with van der Waals surface area (Å²) in [6.07, 6.45) is 1.63. The molecule has 112 valence electrons. The van der Waals surface area contributed by atoms with E-state index in [9.17, 15) is 5.11 Å². The Kier molecular flexibility index (Phi) is 5.19. The number of aryl methyl sites for hydroxylation is 1. The first-order valence-corrected chi connectivity index (χ1v) is 8.02. The van der Waals surface area contributed by atoms with Gasteiger partial charge in [-0.1, -0.05) is 0 Å². The molecule has 1 aromatic carbocycles. The highest BCUT2D eigenvalue weighted by Crippen LogP contribution is 2.34. The Morgan fingerprint density at radius 3 is 2.90 bits per heavy atom. The van der Waals surface area contributed by atoms with E-state index in [0.717, 1.165) is 16.9 Å². The summed E-state index contributed by atoms with van der Waals surface area (Å²) >= 11 is 4.83. The summed E-state index contributed by atoms with van der Waals surface area (Å²) in [6, 6.07) is 3.46.